The highest BCUT2D eigenvalue weighted by Crippen LogP contribution is 2.34. The van der Waals surface area contributed by atoms with Crippen LogP contribution in [0.25, 0.3) is 6.08 Å². The third-order valence-electron chi connectivity index (χ3n) is 4.94. The number of esters is 1. The number of nitrogens with one attached hydrogen (secondary N) is 1. The minimum Gasteiger partial charge on any atom is -0.490 e. The van der Waals surface area contributed by atoms with Gasteiger partial charge in [0, 0.05) is 5.69 Å². The number of imide groups is 1. The molecular formula is C26H24ClN3O7S. The first kappa shape index (κ1) is 28.6. The Morgan fingerprint density at radius 3 is 2.63 bits per heavy atom. The van der Waals surface area contributed by atoms with Crippen LogP contribution in [0.1, 0.15) is 36.2 Å². The van der Waals surface area contributed by atoms with E-state index in [4.69, 9.17) is 31.1 Å². The second-order valence-corrected chi connectivity index (χ2v) is 9.13. The largest absolute Gasteiger partial charge is 0.490 e. The fraction of sp³-hybridized carbons (Fsp3) is 0.269. The molecule has 1 N–H and O–H groups in total. The molecule has 12 heteroatoms. The zero-order valence-corrected chi connectivity index (χ0v) is 22.2. The lowest BCUT2D eigenvalue weighted by Gasteiger charge is -2.13. The molecule has 3 rings (SSSR count). The topological polar surface area (TPSA) is 135 Å². The Labute approximate surface area is 228 Å². The molecule has 1 fully saturated rings. The maximum Gasteiger partial charge on any atom is 0.339 e. The Morgan fingerprint density at radius 1 is 1.13 bits per heavy atom. The summed E-state index contributed by atoms with van der Waals surface area (Å²) in [6.45, 7) is 3.55. The highest BCUT2D eigenvalue weighted by molar-refractivity contribution is 8.18. The molecule has 198 valence electrons. The normalized spacial score (nSPS) is 13.8. The van der Waals surface area contributed by atoms with Crippen LogP contribution in [0.5, 0.6) is 11.5 Å². The third kappa shape index (κ3) is 7.27. The van der Waals surface area contributed by atoms with Gasteiger partial charge < -0.3 is 19.5 Å². The summed E-state index contributed by atoms with van der Waals surface area (Å²) in [5.74, 6) is -1.13. The number of thioether (sulfide) groups is 1. The van der Waals surface area contributed by atoms with Crippen LogP contribution in [0.15, 0.2) is 41.3 Å². The maximum atomic E-state index is 12.9. The smallest absolute Gasteiger partial charge is 0.339 e. The summed E-state index contributed by atoms with van der Waals surface area (Å²) in [4.78, 5) is 51.1. The van der Waals surface area contributed by atoms with Gasteiger partial charge in [-0.1, -0.05) is 24.6 Å². The van der Waals surface area contributed by atoms with Gasteiger partial charge in [0.15, 0.2) is 18.1 Å². The van der Waals surface area contributed by atoms with Gasteiger partial charge >= 0.3 is 5.97 Å². The second kappa shape index (κ2) is 13.5. The number of hydrogen-bond donors (Lipinski definition) is 1. The number of rotatable bonds is 11. The fourth-order valence-electron chi connectivity index (χ4n) is 3.28. The molecule has 0 unspecified atom stereocenters. The molecule has 0 atom stereocenters. The van der Waals surface area contributed by atoms with E-state index in [1.807, 2.05) is 13.0 Å². The number of benzene rings is 2. The van der Waals surface area contributed by atoms with Gasteiger partial charge in [0.2, 0.25) is 5.91 Å². The van der Waals surface area contributed by atoms with E-state index in [-0.39, 0.29) is 34.4 Å². The predicted octanol–water partition coefficient (Wildman–Crippen LogP) is 4.88. The highest BCUT2D eigenvalue weighted by Gasteiger charge is 2.36. The zero-order valence-electron chi connectivity index (χ0n) is 20.6. The molecule has 0 aromatic heterocycles. The zero-order chi connectivity index (χ0) is 27.7. The summed E-state index contributed by atoms with van der Waals surface area (Å²) in [7, 11) is 0. The van der Waals surface area contributed by atoms with Crippen LogP contribution >= 0.6 is 23.4 Å². The highest BCUT2D eigenvalue weighted by atomic mass is 35.5. The summed E-state index contributed by atoms with van der Waals surface area (Å²) in [5, 5.41) is 10.9. The van der Waals surface area contributed by atoms with Gasteiger partial charge in [-0.15, -0.1) is 0 Å². The SMILES string of the molecule is CCCOC(=O)c1cc(NC(=O)CN2C(=O)S/C(=C\c3ccc(OCC#N)c(OCC)c3)C2=O)ccc1Cl. The molecule has 0 radical (unpaired) electrons. The quantitative estimate of drug-likeness (QED) is 0.303. The average molecular weight is 558 g/mol. The lowest BCUT2D eigenvalue weighted by Crippen LogP contribution is -2.36. The molecule has 0 spiro atoms. The van der Waals surface area contributed by atoms with Crippen LogP contribution in [0.4, 0.5) is 10.5 Å². The molecule has 0 saturated carbocycles. The first-order valence-corrected chi connectivity index (χ1v) is 12.7. The molecule has 1 aliphatic rings. The molecule has 2 aromatic rings. The maximum absolute atomic E-state index is 12.9. The molecule has 1 heterocycles. The Balaban J connectivity index is 1.70. The molecule has 1 saturated heterocycles. The molecule has 0 bridgehead atoms. The van der Waals surface area contributed by atoms with E-state index in [0.717, 1.165) is 4.90 Å². The summed E-state index contributed by atoms with van der Waals surface area (Å²) >= 11 is 6.78. The molecule has 2 aromatic carbocycles. The number of halogens is 1. The fourth-order valence-corrected chi connectivity index (χ4v) is 4.31. The van der Waals surface area contributed by atoms with Gasteiger partial charge in [-0.2, -0.15) is 5.26 Å². The Morgan fingerprint density at radius 2 is 1.92 bits per heavy atom. The summed E-state index contributed by atoms with van der Waals surface area (Å²) in [5.41, 5.74) is 0.909. The molecule has 10 nitrogen and oxygen atoms in total. The van der Waals surface area contributed by atoms with Gasteiger partial charge in [0.05, 0.1) is 28.7 Å². The van der Waals surface area contributed by atoms with Gasteiger partial charge in [-0.25, -0.2) is 4.79 Å². The number of hydrogen-bond acceptors (Lipinski definition) is 9. The molecule has 0 aliphatic carbocycles. The molecule has 38 heavy (non-hydrogen) atoms. The van der Waals surface area contributed by atoms with E-state index < -0.39 is 29.6 Å². The van der Waals surface area contributed by atoms with Crippen molar-refractivity contribution < 1.29 is 33.4 Å². The molecule has 1 aliphatic heterocycles. The number of carbonyl (C=O) groups is 4. The standard InChI is InChI=1S/C26H24ClN3O7S/c1-3-10-37-25(33)18-14-17(6-7-19(18)27)29-23(31)15-30-24(32)22(38-26(30)34)13-16-5-8-20(36-11-9-28)21(12-16)35-4-2/h5-8,12-14H,3-4,10-11,15H2,1-2H3,(H,29,31)/b22-13-. The minimum absolute atomic E-state index is 0.0856. The van der Waals surface area contributed by atoms with Crippen molar-refractivity contribution in [3.8, 4) is 17.6 Å². The first-order chi connectivity index (χ1) is 18.3. The monoisotopic (exact) mass is 557 g/mol. The molecular weight excluding hydrogens is 534 g/mol. The van der Waals surface area contributed by atoms with Crippen molar-refractivity contribution in [1.82, 2.24) is 4.90 Å². The number of carbonyl (C=O) groups excluding carboxylic acids is 4. The van der Waals surface area contributed by atoms with Gasteiger partial charge in [0.25, 0.3) is 11.1 Å². The Bertz CT molecular complexity index is 1320. The first-order valence-electron chi connectivity index (χ1n) is 11.6. The number of nitrogens with zero attached hydrogens (tertiary/aromatic N) is 2. The van der Waals surface area contributed by atoms with E-state index in [1.165, 1.54) is 24.3 Å². The van der Waals surface area contributed by atoms with Crippen LogP contribution in [0.3, 0.4) is 0 Å². The van der Waals surface area contributed by atoms with Gasteiger partial charge in [-0.3, -0.25) is 19.3 Å². The van der Waals surface area contributed by atoms with Gasteiger partial charge in [0.1, 0.15) is 12.6 Å². The van der Waals surface area contributed by atoms with E-state index >= 15 is 0 Å². The average Bonchev–Trinajstić information content (AvgIpc) is 3.15. The van der Waals surface area contributed by atoms with Crippen LogP contribution in [-0.4, -0.2) is 54.3 Å². The van der Waals surface area contributed by atoms with Crippen LogP contribution < -0.4 is 14.8 Å². The van der Waals surface area contributed by atoms with Crippen LogP contribution in [-0.2, 0) is 14.3 Å². The van der Waals surface area contributed by atoms with Crippen molar-refractivity contribution in [2.24, 2.45) is 0 Å². The number of nitriles is 1. The number of ether oxygens (including phenoxy) is 3. The second-order valence-electron chi connectivity index (χ2n) is 7.73. The van der Waals surface area contributed by atoms with E-state index in [0.29, 0.717) is 41.9 Å². The summed E-state index contributed by atoms with van der Waals surface area (Å²) < 4.78 is 16.0. The lowest BCUT2D eigenvalue weighted by molar-refractivity contribution is -0.127. The number of amides is 3. The third-order valence-corrected chi connectivity index (χ3v) is 6.18. The predicted molar refractivity (Wildman–Crippen MR) is 142 cm³/mol. The Hall–Kier alpha value is -4.01. The van der Waals surface area contributed by atoms with Crippen LogP contribution in [0, 0.1) is 11.3 Å². The van der Waals surface area contributed by atoms with Gasteiger partial charge in [-0.05, 0) is 67.1 Å². The summed E-state index contributed by atoms with van der Waals surface area (Å²) in [6, 6.07) is 11.1. The van der Waals surface area contributed by atoms with E-state index in [2.05, 4.69) is 5.32 Å². The van der Waals surface area contributed by atoms with E-state index in [1.54, 1.807) is 25.1 Å². The van der Waals surface area contributed by atoms with Crippen molar-refractivity contribution in [2.75, 3.05) is 31.7 Å². The molecule has 3 amide bonds. The lowest BCUT2D eigenvalue weighted by atomic mass is 10.2. The van der Waals surface area contributed by atoms with Crippen molar-refractivity contribution in [1.29, 1.82) is 5.26 Å². The number of anilines is 1. The van der Waals surface area contributed by atoms with Crippen molar-refractivity contribution in [3.63, 3.8) is 0 Å². The van der Waals surface area contributed by atoms with Crippen molar-refractivity contribution >= 4 is 58.1 Å². The van der Waals surface area contributed by atoms with Crippen molar-refractivity contribution in [2.45, 2.75) is 20.3 Å². The van der Waals surface area contributed by atoms with Crippen LogP contribution in [0.2, 0.25) is 5.02 Å². The minimum atomic E-state index is -0.638. The van der Waals surface area contributed by atoms with Crippen molar-refractivity contribution in [3.05, 3.63) is 57.5 Å². The Kier molecular flexibility index (Phi) is 10.2. The van der Waals surface area contributed by atoms with E-state index in [9.17, 15) is 19.2 Å². The summed E-state index contributed by atoms with van der Waals surface area (Å²) in [6.07, 6.45) is 2.15.